The molecule has 5 nitrogen and oxygen atoms in total. The molecule has 2 saturated heterocycles. The molecule has 0 aliphatic carbocycles. The Morgan fingerprint density at radius 3 is 2.45 bits per heavy atom. The van der Waals surface area contributed by atoms with Crippen molar-refractivity contribution in [2.24, 2.45) is 11.8 Å². The maximum Gasteiger partial charge on any atom is 0.173 e. The number of hydrogen-bond acceptors (Lipinski definition) is 4. The molecule has 2 atom stereocenters. The lowest BCUT2D eigenvalue weighted by atomic mass is 9.92. The van der Waals surface area contributed by atoms with Crippen molar-refractivity contribution in [3.8, 4) is 0 Å². The van der Waals surface area contributed by atoms with Crippen LogP contribution in [0.3, 0.4) is 0 Å². The van der Waals surface area contributed by atoms with Crippen LogP contribution in [0, 0.1) is 18.8 Å². The van der Waals surface area contributed by atoms with Crippen molar-refractivity contribution >= 4 is 39.7 Å². The molecule has 0 bridgehead atoms. The van der Waals surface area contributed by atoms with E-state index in [9.17, 15) is 0 Å². The average Bonchev–Trinajstić information content (AvgIpc) is 2.68. The van der Waals surface area contributed by atoms with E-state index in [4.69, 9.17) is 17.2 Å². The van der Waals surface area contributed by atoms with E-state index in [0.717, 1.165) is 61.4 Å². The highest BCUT2D eigenvalue weighted by Crippen LogP contribution is 2.27. The zero-order valence-electron chi connectivity index (χ0n) is 18.1. The minimum Gasteiger partial charge on any atom is -0.354 e. The lowest BCUT2D eigenvalue weighted by Gasteiger charge is -2.36. The second kappa shape index (κ2) is 8.44. The minimum atomic E-state index is 0.689. The Labute approximate surface area is 180 Å². The van der Waals surface area contributed by atoms with Gasteiger partial charge >= 0.3 is 0 Å². The molecule has 1 aromatic carbocycles. The maximum atomic E-state index is 5.72. The molecule has 2 fully saturated rings. The predicted molar refractivity (Wildman–Crippen MR) is 127 cm³/mol. The quantitative estimate of drug-likeness (QED) is 0.754. The number of aromatic nitrogens is 1. The van der Waals surface area contributed by atoms with Crippen molar-refractivity contribution in [2.45, 2.75) is 27.2 Å². The first-order chi connectivity index (χ1) is 13.9. The first kappa shape index (κ1) is 20.4. The van der Waals surface area contributed by atoms with Gasteiger partial charge in [-0.1, -0.05) is 13.8 Å². The molecule has 0 radical (unpaired) electrons. The fourth-order valence-corrected chi connectivity index (χ4v) is 4.95. The molecule has 3 heterocycles. The Balaban J connectivity index is 1.51. The molecule has 6 heteroatoms. The molecule has 0 spiro atoms. The molecule has 1 N–H and O–H groups in total. The summed E-state index contributed by atoms with van der Waals surface area (Å²) in [6.07, 6.45) is 1.29. The van der Waals surface area contributed by atoms with Gasteiger partial charge in [0.05, 0.1) is 5.52 Å². The number of aryl methyl sites for hydroxylation is 1. The fourth-order valence-electron chi connectivity index (χ4n) is 4.68. The van der Waals surface area contributed by atoms with Gasteiger partial charge in [-0.25, -0.2) is 4.98 Å². The molecule has 0 saturated carbocycles. The third-order valence-electron chi connectivity index (χ3n) is 6.24. The highest BCUT2D eigenvalue weighted by atomic mass is 32.1. The lowest BCUT2D eigenvalue weighted by Crippen LogP contribution is -2.44. The van der Waals surface area contributed by atoms with Crippen LogP contribution in [0.2, 0.25) is 0 Å². The lowest BCUT2D eigenvalue weighted by molar-refractivity contribution is 0.216. The molecule has 4 rings (SSSR count). The second-order valence-corrected chi connectivity index (χ2v) is 9.49. The Hall–Kier alpha value is -1.92. The Bertz CT molecular complexity index is 880. The first-order valence-electron chi connectivity index (χ1n) is 10.8. The number of piperidine rings is 1. The van der Waals surface area contributed by atoms with Crippen LogP contribution in [0.5, 0.6) is 0 Å². The minimum absolute atomic E-state index is 0.689. The maximum absolute atomic E-state index is 5.72. The van der Waals surface area contributed by atoms with Crippen molar-refractivity contribution in [1.82, 2.24) is 14.8 Å². The van der Waals surface area contributed by atoms with Gasteiger partial charge in [-0.05, 0) is 74.3 Å². The Kier molecular flexibility index (Phi) is 5.93. The first-order valence-corrected chi connectivity index (χ1v) is 11.2. The predicted octanol–water partition coefficient (Wildman–Crippen LogP) is 3.97. The van der Waals surface area contributed by atoms with Gasteiger partial charge in [0.25, 0.3) is 0 Å². The molecule has 2 aliphatic rings. The van der Waals surface area contributed by atoms with Gasteiger partial charge < -0.3 is 20.0 Å². The highest BCUT2D eigenvalue weighted by Gasteiger charge is 2.23. The number of likely N-dealkylation sites (tertiary alicyclic amines) is 1. The van der Waals surface area contributed by atoms with Crippen LogP contribution < -0.4 is 10.2 Å². The molecule has 1 aromatic heterocycles. The Morgan fingerprint density at radius 1 is 1.07 bits per heavy atom. The summed E-state index contributed by atoms with van der Waals surface area (Å²) in [7, 11) is 2.18. The number of anilines is 2. The topological polar surface area (TPSA) is 34.6 Å². The van der Waals surface area contributed by atoms with E-state index in [1.54, 1.807) is 0 Å². The zero-order valence-corrected chi connectivity index (χ0v) is 18.9. The van der Waals surface area contributed by atoms with Gasteiger partial charge in [-0.15, -0.1) is 0 Å². The van der Waals surface area contributed by atoms with Crippen LogP contribution in [0.1, 0.15) is 25.8 Å². The smallest absolute Gasteiger partial charge is 0.173 e. The van der Waals surface area contributed by atoms with E-state index >= 15 is 0 Å². The highest BCUT2D eigenvalue weighted by molar-refractivity contribution is 7.80. The molecule has 29 heavy (non-hydrogen) atoms. The summed E-state index contributed by atoms with van der Waals surface area (Å²) in [5, 5.41) is 5.49. The summed E-state index contributed by atoms with van der Waals surface area (Å²) in [4.78, 5) is 12.0. The van der Waals surface area contributed by atoms with Crippen LogP contribution in [0.15, 0.2) is 24.3 Å². The zero-order chi connectivity index (χ0) is 20.5. The molecule has 156 valence electrons. The Morgan fingerprint density at radius 2 is 1.76 bits per heavy atom. The summed E-state index contributed by atoms with van der Waals surface area (Å²) in [5.74, 6) is 2.47. The largest absolute Gasteiger partial charge is 0.354 e. The number of nitrogens with zero attached hydrogens (tertiary/aromatic N) is 4. The van der Waals surface area contributed by atoms with Crippen LogP contribution in [-0.2, 0) is 0 Å². The molecule has 2 aromatic rings. The van der Waals surface area contributed by atoms with Crippen LogP contribution in [0.4, 0.5) is 11.5 Å². The second-order valence-electron chi connectivity index (χ2n) is 9.10. The number of fused-ring (bicyclic) bond motifs is 1. The monoisotopic (exact) mass is 411 g/mol. The number of benzene rings is 1. The van der Waals surface area contributed by atoms with E-state index in [1.807, 2.05) is 0 Å². The van der Waals surface area contributed by atoms with Crippen molar-refractivity contribution in [3.63, 3.8) is 0 Å². The number of likely N-dealkylation sites (N-methyl/N-ethyl adjacent to an activating group) is 1. The number of nitrogens with one attached hydrogen (secondary N) is 1. The summed E-state index contributed by atoms with van der Waals surface area (Å²) < 4.78 is 0. The van der Waals surface area contributed by atoms with E-state index in [0.29, 0.717) is 11.8 Å². The fraction of sp³-hybridized carbons (Fsp3) is 0.565. The van der Waals surface area contributed by atoms with Gasteiger partial charge in [0, 0.05) is 50.3 Å². The van der Waals surface area contributed by atoms with Crippen LogP contribution in [-0.4, -0.2) is 66.2 Å². The summed E-state index contributed by atoms with van der Waals surface area (Å²) >= 11 is 5.72. The van der Waals surface area contributed by atoms with Gasteiger partial charge in [0.2, 0.25) is 0 Å². The number of rotatable bonds is 2. The normalized spacial score (nSPS) is 23.4. The number of hydrogen-bond donors (Lipinski definition) is 1. The summed E-state index contributed by atoms with van der Waals surface area (Å²) in [5.41, 5.74) is 3.36. The van der Waals surface area contributed by atoms with Gasteiger partial charge in [0.15, 0.2) is 5.11 Å². The summed E-state index contributed by atoms with van der Waals surface area (Å²) in [6.45, 7) is 13.1. The van der Waals surface area contributed by atoms with Crippen LogP contribution in [0.25, 0.3) is 10.9 Å². The molecule has 0 amide bonds. The van der Waals surface area contributed by atoms with Crippen molar-refractivity contribution in [1.29, 1.82) is 0 Å². The molecular weight excluding hydrogens is 378 g/mol. The van der Waals surface area contributed by atoms with E-state index in [2.05, 4.69) is 72.1 Å². The molecule has 2 aliphatic heterocycles. The summed E-state index contributed by atoms with van der Waals surface area (Å²) in [6, 6.07) is 8.64. The van der Waals surface area contributed by atoms with Gasteiger partial charge in [0.1, 0.15) is 5.82 Å². The van der Waals surface area contributed by atoms with E-state index in [-0.39, 0.29) is 0 Å². The molecule has 2 unspecified atom stereocenters. The van der Waals surface area contributed by atoms with Gasteiger partial charge in [-0.3, -0.25) is 0 Å². The third kappa shape index (κ3) is 4.64. The van der Waals surface area contributed by atoms with E-state index < -0.39 is 0 Å². The van der Waals surface area contributed by atoms with E-state index in [1.165, 1.54) is 17.4 Å². The SMILES string of the molecule is Cc1cc(N2CCN(C)CC2)nc2ccc(NC(=S)N3CC(C)CC(C)C3)cc12. The number of pyridine rings is 1. The number of thiocarbonyl (C=S) groups is 1. The van der Waals surface area contributed by atoms with Crippen molar-refractivity contribution < 1.29 is 0 Å². The molecular formula is C23H33N5S. The number of piperazine rings is 1. The average molecular weight is 412 g/mol. The van der Waals surface area contributed by atoms with Crippen LogP contribution >= 0.6 is 12.2 Å². The third-order valence-corrected chi connectivity index (χ3v) is 6.60. The van der Waals surface area contributed by atoms with Gasteiger partial charge in [-0.2, -0.15) is 0 Å². The van der Waals surface area contributed by atoms with Crippen molar-refractivity contribution in [3.05, 3.63) is 29.8 Å². The van der Waals surface area contributed by atoms with Crippen molar-refractivity contribution in [2.75, 3.05) is 56.5 Å². The standard InChI is InChI=1S/C23H33N5S/c1-16-11-17(2)15-28(14-16)23(29)24-19-5-6-21-20(13-19)18(3)12-22(25-21)27-9-7-26(4)8-10-27/h5-6,12-13,16-17H,7-11,14-15H2,1-4H3,(H,24,29).